The van der Waals surface area contributed by atoms with Crippen LogP contribution in [0.1, 0.15) is 22.3 Å². The van der Waals surface area contributed by atoms with Gasteiger partial charge in [0.2, 0.25) is 11.7 Å². The van der Waals surface area contributed by atoms with E-state index in [0.717, 1.165) is 5.56 Å². The number of pyridine rings is 1. The van der Waals surface area contributed by atoms with Gasteiger partial charge in [0, 0.05) is 30.2 Å². The molecule has 0 radical (unpaired) electrons. The first-order chi connectivity index (χ1) is 10.8. The fraction of sp³-hybridized carbons (Fsp3) is 0.200. The smallest absolute Gasteiger partial charge is 0.272 e. The van der Waals surface area contributed by atoms with Crippen molar-refractivity contribution < 1.29 is 9.32 Å². The van der Waals surface area contributed by atoms with E-state index in [9.17, 15) is 4.79 Å². The maximum atomic E-state index is 12.2. The van der Waals surface area contributed by atoms with E-state index in [1.165, 1.54) is 0 Å². The molecular weight excluding hydrogens is 300 g/mol. The molecule has 1 amide bonds. The van der Waals surface area contributed by atoms with Gasteiger partial charge in [-0.25, -0.2) is 0 Å². The molecule has 110 valence electrons. The Kier molecular flexibility index (Phi) is 3.19. The van der Waals surface area contributed by atoms with E-state index in [2.05, 4.69) is 15.1 Å². The Balaban J connectivity index is 1.42. The molecular formula is C15H12N4O2S. The normalized spacial score (nSPS) is 14.8. The first-order valence-electron chi connectivity index (χ1n) is 6.88. The predicted octanol–water partition coefficient (Wildman–Crippen LogP) is 2.43. The van der Waals surface area contributed by atoms with E-state index in [4.69, 9.17) is 4.52 Å². The lowest BCUT2D eigenvalue weighted by Crippen LogP contribution is -2.48. The van der Waals surface area contributed by atoms with Gasteiger partial charge in [0.15, 0.2) is 0 Å². The summed E-state index contributed by atoms with van der Waals surface area (Å²) in [5, 5.41) is 7.95. The van der Waals surface area contributed by atoms with Crippen LogP contribution in [0, 0.1) is 0 Å². The molecule has 0 saturated carbocycles. The van der Waals surface area contributed by atoms with Crippen molar-refractivity contribution in [2.45, 2.75) is 5.92 Å². The van der Waals surface area contributed by atoms with Gasteiger partial charge < -0.3 is 9.42 Å². The quantitative estimate of drug-likeness (QED) is 0.742. The average molecular weight is 312 g/mol. The molecule has 1 aliphatic heterocycles. The Morgan fingerprint density at radius 3 is 2.95 bits per heavy atom. The molecule has 4 rings (SSSR count). The maximum Gasteiger partial charge on any atom is 0.272 e. The molecule has 3 aromatic heterocycles. The van der Waals surface area contributed by atoms with E-state index in [0.29, 0.717) is 30.5 Å². The number of aromatic nitrogens is 3. The number of rotatable bonds is 3. The van der Waals surface area contributed by atoms with Gasteiger partial charge in [0.1, 0.15) is 5.69 Å². The van der Waals surface area contributed by atoms with Gasteiger partial charge in [0.05, 0.1) is 5.92 Å². The van der Waals surface area contributed by atoms with E-state index >= 15 is 0 Å². The highest BCUT2D eigenvalue weighted by Gasteiger charge is 2.36. The number of carbonyl (C=O) groups excluding carboxylic acids is 1. The summed E-state index contributed by atoms with van der Waals surface area (Å²) >= 11 is 1.59. The molecule has 0 bridgehead atoms. The highest BCUT2D eigenvalue weighted by molar-refractivity contribution is 7.08. The molecule has 0 aromatic carbocycles. The van der Waals surface area contributed by atoms with E-state index in [1.54, 1.807) is 34.6 Å². The molecule has 0 spiro atoms. The highest BCUT2D eigenvalue weighted by atomic mass is 32.1. The third-order valence-electron chi connectivity index (χ3n) is 3.62. The van der Waals surface area contributed by atoms with Crippen molar-refractivity contribution in [2.75, 3.05) is 13.1 Å². The van der Waals surface area contributed by atoms with Crippen molar-refractivity contribution in [3.8, 4) is 11.4 Å². The monoisotopic (exact) mass is 312 g/mol. The molecule has 22 heavy (non-hydrogen) atoms. The molecule has 0 atom stereocenters. The second-order valence-electron chi connectivity index (χ2n) is 5.09. The van der Waals surface area contributed by atoms with Crippen LogP contribution in [-0.2, 0) is 0 Å². The molecule has 4 heterocycles. The van der Waals surface area contributed by atoms with Crippen molar-refractivity contribution in [1.29, 1.82) is 0 Å². The molecule has 7 heteroatoms. The molecule has 1 fully saturated rings. The molecule has 0 N–H and O–H groups in total. The van der Waals surface area contributed by atoms with Crippen LogP contribution in [0.4, 0.5) is 0 Å². The Morgan fingerprint density at radius 2 is 2.23 bits per heavy atom. The third kappa shape index (κ3) is 2.29. The van der Waals surface area contributed by atoms with Crippen molar-refractivity contribution in [3.63, 3.8) is 0 Å². The molecule has 0 unspecified atom stereocenters. The Morgan fingerprint density at radius 1 is 1.32 bits per heavy atom. The fourth-order valence-electron chi connectivity index (χ4n) is 2.36. The Labute approximate surface area is 130 Å². The first kappa shape index (κ1) is 13.1. The maximum absolute atomic E-state index is 12.2. The van der Waals surface area contributed by atoms with Crippen LogP contribution in [-0.4, -0.2) is 39.0 Å². The number of hydrogen-bond acceptors (Lipinski definition) is 6. The molecule has 1 saturated heterocycles. The second-order valence-corrected chi connectivity index (χ2v) is 5.87. The van der Waals surface area contributed by atoms with Gasteiger partial charge in [-0.2, -0.15) is 16.3 Å². The number of carbonyl (C=O) groups is 1. The lowest BCUT2D eigenvalue weighted by molar-refractivity contribution is 0.0563. The van der Waals surface area contributed by atoms with Crippen LogP contribution in [0.15, 0.2) is 45.7 Å². The third-order valence-corrected chi connectivity index (χ3v) is 4.31. The summed E-state index contributed by atoms with van der Waals surface area (Å²) in [7, 11) is 0. The van der Waals surface area contributed by atoms with Gasteiger partial charge in [-0.1, -0.05) is 11.2 Å². The lowest BCUT2D eigenvalue weighted by atomic mass is 9.99. The summed E-state index contributed by atoms with van der Waals surface area (Å²) < 4.78 is 5.32. The minimum absolute atomic E-state index is 0.0607. The number of amides is 1. The van der Waals surface area contributed by atoms with Crippen LogP contribution in [0.3, 0.4) is 0 Å². The Bertz CT molecular complexity index is 779. The van der Waals surface area contributed by atoms with Crippen LogP contribution in [0.2, 0.25) is 0 Å². The zero-order valence-corrected chi connectivity index (χ0v) is 12.4. The summed E-state index contributed by atoms with van der Waals surface area (Å²) in [5.74, 6) is 1.24. The summed E-state index contributed by atoms with van der Waals surface area (Å²) in [4.78, 5) is 22.4. The summed E-state index contributed by atoms with van der Waals surface area (Å²) in [6, 6.07) is 7.27. The van der Waals surface area contributed by atoms with Gasteiger partial charge in [-0.05, 0) is 23.6 Å². The van der Waals surface area contributed by atoms with Crippen molar-refractivity contribution >= 4 is 17.2 Å². The number of nitrogens with zero attached hydrogens (tertiary/aromatic N) is 4. The summed E-state index contributed by atoms with van der Waals surface area (Å²) in [6.45, 7) is 1.17. The fourth-order valence-corrected chi connectivity index (χ4v) is 3.00. The number of hydrogen-bond donors (Lipinski definition) is 0. The zero-order valence-electron chi connectivity index (χ0n) is 11.5. The second kappa shape index (κ2) is 5.34. The summed E-state index contributed by atoms with van der Waals surface area (Å²) in [5.41, 5.74) is 1.42. The standard InChI is InChI=1S/C15H12N4O2S/c20-15(12-3-1-2-5-16-12)19-7-11(8-19)14-17-13(18-21-14)10-4-6-22-9-10/h1-6,9,11H,7-8H2. The van der Waals surface area contributed by atoms with Crippen LogP contribution in [0.5, 0.6) is 0 Å². The van der Waals surface area contributed by atoms with Crippen LogP contribution >= 0.6 is 11.3 Å². The van der Waals surface area contributed by atoms with Crippen LogP contribution < -0.4 is 0 Å². The molecule has 0 aliphatic carbocycles. The molecule has 1 aliphatic rings. The van der Waals surface area contributed by atoms with E-state index in [-0.39, 0.29) is 11.8 Å². The topological polar surface area (TPSA) is 72.1 Å². The minimum Gasteiger partial charge on any atom is -0.339 e. The molecule has 6 nitrogen and oxygen atoms in total. The SMILES string of the molecule is O=C(c1ccccn1)N1CC(c2nc(-c3ccsc3)no2)C1. The van der Waals surface area contributed by atoms with Crippen molar-refractivity contribution in [2.24, 2.45) is 0 Å². The highest BCUT2D eigenvalue weighted by Crippen LogP contribution is 2.28. The first-order valence-corrected chi connectivity index (χ1v) is 7.82. The van der Waals surface area contributed by atoms with Crippen LogP contribution in [0.25, 0.3) is 11.4 Å². The summed E-state index contributed by atoms with van der Waals surface area (Å²) in [6.07, 6.45) is 1.62. The Hall–Kier alpha value is -2.54. The van der Waals surface area contributed by atoms with E-state index in [1.807, 2.05) is 22.9 Å². The molecule has 3 aromatic rings. The van der Waals surface area contributed by atoms with Gasteiger partial charge in [-0.15, -0.1) is 0 Å². The van der Waals surface area contributed by atoms with E-state index < -0.39 is 0 Å². The largest absolute Gasteiger partial charge is 0.339 e. The average Bonchev–Trinajstić information content (AvgIpc) is 3.17. The predicted molar refractivity (Wildman–Crippen MR) is 80.5 cm³/mol. The van der Waals surface area contributed by atoms with Gasteiger partial charge >= 0.3 is 0 Å². The van der Waals surface area contributed by atoms with Gasteiger partial charge in [0.25, 0.3) is 5.91 Å². The lowest BCUT2D eigenvalue weighted by Gasteiger charge is -2.36. The number of thiophene rings is 1. The minimum atomic E-state index is -0.0607. The van der Waals surface area contributed by atoms with Gasteiger partial charge in [-0.3, -0.25) is 9.78 Å². The number of likely N-dealkylation sites (tertiary alicyclic amines) is 1. The zero-order chi connectivity index (χ0) is 14.9. The van der Waals surface area contributed by atoms with Crippen molar-refractivity contribution in [1.82, 2.24) is 20.0 Å². The van der Waals surface area contributed by atoms with Crippen molar-refractivity contribution in [3.05, 3.63) is 52.8 Å².